The van der Waals surface area contributed by atoms with Crippen molar-refractivity contribution in [2.75, 3.05) is 13.6 Å². The highest BCUT2D eigenvalue weighted by Crippen LogP contribution is 2.22. The lowest BCUT2D eigenvalue weighted by molar-refractivity contribution is -0.119. The molecule has 0 saturated heterocycles. The van der Waals surface area contributed by atoms with Crippen LogP contribution in [0.25, 0.3) is 0 Å². The Morgan fingerprint density at radius 3 is 2.65 bits per heavy atom. The van der Waals surface area contributed by atoms with Crippen molar-refractivity contribution in [2.24, 2.45) is 11.5 Å². The lowest BCUT2D eigenvalue weighted by Gasteiger charge is -2.30. The van der Waals surface area contributed by atoms with Gasteiger partial charge < -0.3 is 11.5 Å². The van der Waals surface area contributed by atoms with Gasteiger partial charge >= 0.3 is 0 Å². The largest absolute Gasteiger partial charge is 0.369 e. The van der Waals surface area contributed by atoms with Crippen molar-refractivity contribution in [3.63, 3.8) is 0 Å². The van der Waals surface area contributed by atoms with Crippen LogP contribution in [0.3, 0.4) is 0 Å². The van der Waals surface area contributed by atoms with Crippen molar-refractivity contribution in [1.82, 2.24) is 4.90 Å². The molecule has 0 aliphatic carbocycles. The number of hydrogen-bond donors (Lipinski definition) is 2. The maximum atomic E-state index is 13.2. The van der Waals surface area contributed by atoms with Crippen LogP contribution >= 0.6 is 0 Å². The average Bonchev–Trinajstić information content (AvgIpc) is 2.15. The smallest absolute Gasteiger partial charge is 0.231 e. The number of nitrogens with two attached hydrogens (primary N) is 2. The second kappa shape index (κ2) is 5.75. The number of rotatable bonds is 5. The normalized spacial score (nSPS) is 14.6. The molecule has 0 fully saturated rings. The Morgan fingerprint density at radius 2 is 2.18 bits per heavy atom. The van der Waals surface area contributed by atoms with Gasteiger partial charge in [0.15, 0.2) is 0 Å². The zero-order chi connectivity index (χ0) is 13.0. The molecule has 2 unspecified atom stereocenters. The van der Waals surface area contributed by atoms with E-state index in [9.17, 15) is 9.18 Å². The molecule has 0 bridgehead atoms. The predicted molar refractivity (Wildman–Crippen MR) is 64.6 cm³/mol. The van der Waals surface area contributed by atoms with Gasteiger partial charge in [0.05, 0.1) is 6.54 Å². The molecule has 1 aromatic rings. The minimum Gasteiger partial charge on any atom is -0.369 e. The summed E-state index contributed by atoms with van der Waals surface area (Å²) < 4.78 is 13.2. The van der Waals surface area contributed by atoms with E-state index in [1.165, 1.54) is 12.1 Å². The van der Waals surface area contributed by atoms with Gasteiger partial charge in [-0.3, -0.25) is 9.69 Å². The zero-order valence-electron chi connectivity index (χ0n) is 10.1. The summed E-state index contributed by atoms with van der Waals surface area (Å²) in [6.45, 7) is 1.90. The summed E-state index contributed by atoms with van der Waals surface area (Å²) in [5.74, 6) is -0.754. The molecule has 1 aromatic carbocycles. The van der Waals surface area contributed by atoms with Gasteiger partial charge in [0, 0.05) is 12.1 Å². The van der Waals surface area contributed by atoms with Crippen LogP contribution in [0.4, 0.5) is 4.39 Å². The fourth-order valence-electron chi connectivity index (χ4n) is 1.99. The molecule has 1 rings (SSSR count). The van der Waals surface area contributed by atoms with E-state index in [1.54, 1.807) is 24.1 Å². The first-order valence-corrected chi connectivity index (χ1v) is 5.41. The maximum Gasteiger partial charge on any atom is 0.231 e. The second-order valence-corrected chi connectivity index (χ2v) is 4.24. The summed E-state index contributed by atoms with van der Waals surface area (Å²) in [5, 5.41) is 0. The van der Waals surface area contributed by atoms with Crippen LogP contribution in [-0.4, -0.2) is 30.4 Å². The molecule has 0 aliphatic rings. The number of hydrogen-bond acceptors (Lipinski definition) is 3. The van der Waals surface area contributed by atoms with E-state index in [0.717, 1.165) is 5.56 Å². The summed E-state index contributed by atoms with van der Waals surface area (Å²) in [7, 11) is 1.74. The lowest BCUT2D eigenvalue weighted by atomic mass is 9.99. The molecule has 0 aliphatic heterocycles. The molecule has 4 nitrogen and oxygen atoms in total. The van der Waals surface area contributed by atoms with E-state index in [0.29, 0.717) is 0 Å². The van der Waals surface area contributed by atoms with Crippen molar-refractivity contribution >= 4 is 5.91 Å². The third-order valence-corrected chi connectivity index (χ3v) is 2.57. The number of benzene rings is 1. The van der Waals surface area contributed by atoms with Crippen LogP contribution < -0.4 is 11.5 Å². The number of nitrogens with zero attached hydrogens (tertiary/aromatic N) is 1. The Kier molecular flexibility index (Phi) is 4.60. The molecule has 94 valence electrons. The predicted octanol–water partition coefficient (Wildman–Crippen LogP) is 0.631. The van der Waals surface area contributed by atoms with Crippen molar-refractivity contribution < 1.29 is 9.18 Å². The number of likely N-dealkylation sites (N-methyl/N-ethyl adjacent to an activating group) is 1. The molecular weight excluding hydrogens is 221 g/mol. The fourth-order valence-corrected chi connectivity index (χ4v) is 1.99. The van der Waals surface area contributed by atoms with E-state index in [4.69, 9.17) is 11.5 Å². The number of carbonyl (C=O) groups excluding carboxylic acids is 1. The van der Waals surface area contributed by atoms with Gasteiger partial charge in [0.2, 0.25) is 5.91 Å². The number of carbonyl (C=O) groups is 1. The Hall–Kier alpha value is -1.46. The van der Waals surface area contributed by atoms with Gasteiger partial charge in [0.1, 0.15) is 5.82 Å². The topological polar surface area (TPSA) is 72.3 Å². The minimum absolute atomic E-state index is 0.0860. The highest BCUT2D eigenvalue weighted by Gasteiger charge is 2.22. The molecule has 1 amide bonds. The molecule has 2 atom stereocenters. The van der Waals surface area contributed by atoms with Gasteiger partial charge in [-0.1, -0.05) is 12.1 Å². The second-order valence-electron chi connectivity index (χ2n) is 4.24. The Morgan fingerprint density at radius 1 is 1.53 bits per heavy atom. The first-order valence-electron chi connectivity index (χ1n) is 5.41. The average molecular weight is 239 g/mol. The third-order valence-electron chi connectivity index (χ3n) is 2.57. The monoisotopic (exact) mass is 239 g/mol. The highest BCUT2D eigenvalue weighted by molar-refractivity contribution is 5.75. The standard InChI is InChI=1S/C12H18FN3O/c1-8(14)12(16(2)7-11(15)17)9-4-3-5-10(13)6-9/h3-6,8,12H,7,14H2,1-2H3,(H2,15,17). The summed E-state index contributed by atoms with van der Waals surface area (Å²) >= 11 is 0. The first kappa shape index (κ1) is 13.6. The van der Waals surface area contributed by atoms with E-state index < -0.39 is 5.91 Å². The molecular formula is C12H18FN3O. The van der Waals surface area contributed by atoms with Gasteiger partial charge in [-0.05, 0) is 31.7 Å². The molecule has 5 heteroatoms. The van der Waals surface area contributed by atoms with E-state index in [-0.39, 0.29) is 24.4 Å². The summed E-state index contributed by atoms with van der Waals surface area (Å²) in [5.41, 5.74) is 11.8. The summed E-state index contributed by atoms with van der Waals surface area (Å²) in [6.07, 6.45) is 0. The van der Waals surface area contributed by atoms with Gasteiger partial charge in [-0.2, -0.15) is 0 Å². The number of halogens is 1. The molecule has 17 heavy (non-hydrogen) atoms. The van der Waals surface area contributed by atoms with E-state index in [1.807, 2.05) is 6.92 Å². The zero-order valence-corrected chi connectivity index (χ0v) is 10.1. The first-order chi connectivity index (χ1) is 7.91. The van der Waals surface area contributed by atoms with Crippen molar-refractivity contribution in [2.45, 2.75) is 19.0 Å². The molecule has 0 aromatic heterocycles. The van der Waals surface area contributed by atoms with Crippen LogP contribution in [0.2, 0.25) is 0 Å². The van der Waals surface area contributed by atoms with Crippen molar-refractivity contribution in [3.8, 4) is 0 Å². The SMILES string of the molecule is CC(N)C(c1cccc(F)c1)N(C)CC(N)=O. The molecule has 4 N–H and O–H groups in total. The van der Waals surface area contributed by atoms with Crippen LogP contribution in [-0.2, 0) is 4.79 Å². The Bertz CT molecular complexity index is 395. The van der Waals surface area contributed by atoms with Gasteiger partial charge in [-0.15, -0.1) is 0 Å². The van der Waals surface area contributed by atoms with Crippen LogP contribution in [0.1, 0.15) is 18.5 Å². The van der Waals surface area contributed by atoms with Crippen LogP contribution in [0, 0.1) is 5.82 Å². The van der Waals surface area contributed by atoms with Crippen molar-refractivity contribution in [3.05, 3.63) is 35.6 Å². The molecule has 0 spiro atoms. The molecule has 0 heterocycles. The Labute approximate surface area is 100 Å². The quantitative estimate of drug-likeness (QED) is 0.791. The van der Waals surface area contributed by atoms with Gasteiger partial charge in [-0.25, -0.2) is 4.39 Å². The summed E-state index contributed by atoms with van der Waals surface area (Å²) in [6, 6.07) is 5.73. The summed E-state index contributed by atoms with van der Waals surface area (Å²) in [4.78, 5) is 12.6. The number of amides is 1. The van der Waals surface area contributed by atoms with E-state index in [2.05, 4.69) is 0 Å². The molecule has 0 radical (unpaired) electrons. The number of primary amides is 1. The maximum absolute atomic E-state index is 13.2. The fraction of sp³-hybridized carbons (Fsp3) is 0.417. The molecule has 0 saturated carbocycles. The van der Waals surface area contributed by atoms with Gasteiger partial charge in [0.25, 0.3) is 0 Å². The Balaban J connectivity index is 2.96. The van der Waals surface area contributed by atoms with Crippen LogP contribution in [0.15, 0.2) is 24.3 Å². The van der Waals surface area contributed by atoms with Crippen molar-refractivity contribution in [1.29, 1.82) is 0 Å². The highest BCUT2D eigenvalue weighted by atomic mass is 19.1. The minimum atomic E-state index is -0.436. The lowest BCUT2D eigenvalue weighted by Crippen LogP contribution is -2.41. The van der Waals surface area contributed by atoms with Crippen LogP contribution in [0.5, 0.6) is 0 Å². The van der Waals surface area contributed by atoms with E-state index >= 15 is 0 Å². The third kappa shape index (κ3) is 3.80.